The molecular weight excluding hydrogens is 363 g/mol. The van der Waals surface area contributed by atoms with Crippen molar-refractivity contribution in [1.29, 1.82) is 0 Å². The van der Waals surface area contributed by atoms with Gasteiger partial charge in [-0.1, -0.05) is 65.9 Å². The number of carbonyl (C=O) groups excluding carboxylic acids is 1. The summed E-state index contributed by atoms with van der Waals surface area (Å²) in [5.41, 5.74) is 6.90. The quantitative estimate of drug-likeness (QED) is 0.711. The SMILES string of the molecule is Nc1nc(C(F)(F)F)c(C(=O)NCc2ccc(-c3ccccc3)cc2)s1. The lowest BCUT2D eigenvalue weighted by Gasteiger charge is -2.08. The zero-order valence-electron chi connectivity index (χ0n) is 13.4. The number of anilines is 1. The maximum Gasteiger partial charge on any atom is 0.435 e. The van der Waals surface area contributed by atoms with Crippen LogP contribution < -0.4 is 11.1 Å². The van der Waals surface area contributed by atoms with Gasteiger partial charge in [-0.25, -0.2) is 4.98 Å². The molecule has 0 fully saturated rings. The number of halogens is 3. The van der Waals surface area contributed by atoms with Crippen molar-refractivity contribution >= 4 is 22.4 Å². The van der Waals surface area contributed by atoms with Crippen LogP contribution in [0.3, 0.4) is 0 Å². The number of hydrogen-bond donors (Lipinski definition) is 2. The van der Waals surface area contributed by atoms with Crippen molar-refractivity contribution in [1.82, 2.24) is 10.3 Å². The molecule has 1 aromatic heterocycles. The lowest BCUT2D eigenvalue weighted by molar-refractivity contribution is -0.141. The molecule has 0 saturated carbocycles. The van der Waals surface area contributed by atoms with E-state index in [1.807, 2.05) is 54.6 Å². The standard InChI is InChI=1S/C18H14F3N3OS/c19-18(20,21)15-14(26-17(22)24-15)16(25)23-10-11-6-8-13(9-7-11)12-4-2-1-3-5-12/h1-9H,10H2,(H2,22,24)(H,23,25). The van der Waals surface area contributed by atoms with Gasteiger partial charge in [-0.2, -0.15) is 13.2 Å². The van der Waals surface area contributed by atoms with Gasteiger partial charge in [0, 0.05) is 6.54 Å². The number of thiazole rings is 1. The summed E-state index contributed by atoms with van der Waals surface area (Å²) in [6.07, 6.45) is -4.72. The van der Waals surface area contributed by atoms with Gasteiger partial charge in [-0.3, -0.25) is 4.79 Å². The summed E-state index contributed by atoms with van der Waals surface area (Å²) in [5, 5.41) is 2.18. The Bertz CT molecular complexity index is 906. The number of nitrogen functional groups attached to an aromatic ring is 1. The van der Waals surface area contributed by atoms with E-state index in [9.17, 15) is 18.0 Å². The van der Waals surface area contributed by atoms with Crippen molar-refractivity contribution in [3.63, 3.8) is 0 Å². The minimum atomic E-state index is -4.72. The fourth-order valence-electron chi connectivity index (χ4n) is 2.39. The molecular formula is C18H14F3N3OS. The molecule has 0 atom stereocenters. The molecule has 0 aliphatic rings. The zero-order chi connectivity index (χ0) is 18.7. The number of benzene rings is 2. The van der Waals surface area contributed by atoms with Gasteiger partial charge >= 0.3 is 6.18 Å². The van der Waals surface area contributed by atoms with Crippen LogP contribution in [0.1, 0.15) is 20.9 Å². The van der Waals surface area contributed by atoms with Crippen molar-refractivity contribution in [2.75, 3.05) is 5.73 Å². The minimum absolute atomic E-state index is 0.100. The van der Waals surface area contributed by atoms with Gasteiger partial charge in [0.25, 0.3) is 5.91 Å². The average molecular weight is 377 g/mol. The second kappa shape index (κ2) is 7.17. The molecule has 0 radical (unpaired) electrons. The number of amides is 1. The van der Waals surface area contributed by atoms with Crippen molar-refractivity contribution in [3.8, 4) is 11.1 Å². The van der Waals surface area contributed by atoms with Crippen molar-refractivity contribution in [3.05, 3.63) is 70.7 Å². The maximum atomic E-state index is 12.9. The summed E-state index contributed by atoms with van der Waals surface area (Å²) in [6, 6.07) is 17.2. The van der Waals surface area contributed by atoms with Crippen LogP contribution in [0.4, 0.5) is 18.3 Å². The number of alkyl halides is 3. The number of carbonyl (C=O) groups is 1. The van der Waals surface area contributed by atoms with Crippen LogP contribution in [0.25, 0.3) is 11.1 Å². The molecule has 8 heteroatoms. The maximum absolute atomic E-state index is 12.9. The van der Waals surface area contributed by atoms with E-state index in [1.165, 1.54) is 0 Å². The number of nitrogens with one attached hydrogen (secondary N) is 1. The largest absolute Gasteiger partial charge is 0.435 e. The van der Waals surface area contributed by atoms with Crippen molar-refractivity contribution < 1.29 is 18.0 Å². The molecule has 4 nitrogen and oxygen atoms in total. The Balaban J connectivity index is 1.69. The van der Waals surface area contributed by atoms with E-state index in [-0.39, 0.29) is 11.7 Å². The van der Waals surface area contributed by atoms with Crippen LogP contribution in [-0.2, 0) is 12.7 Å². The first-order chi connectivity index (χ1) is 12.3. The van der Waals surface area contributed by atoms with E-state index < -0.39 is 22.7 Å². The predicted octanol–water partition coefficient (Wildman–Crippen LogP) is 4.34. The van der Waals surface area contributed by atoms with Crippen LogP contribution in [-0.4, -0.2) is 10.9 Å². The van der Waals surface area contributed by atoms with Gasteiger partial charge in [-0.05, 0) is 16.7 Å². The highest BCUT2D eigenvalue weighted by molar-refractivity contribution is 7.17. The molecule has 0 bridgehead atoms. The number of nitrogens with zero attached hydrogens (tertiary/aromatic N) is 1. The molecule has 0 saturated heterocycles. The molecule has 3 aromatic rings. The van der Waals surface area contributed by atoms with E-state index in [1.54, 1.807) is 0 Å². The highest BCUT2D eigenvalue weighted by Gasteiger charge is 2.39. The summed E-state index contributed by atoms with van der Waals surface area (Å²) in [5.74, 6) is -0.848. The Morgan fingerprint density at radius 2 is 1.65 bits per heavy atom. The molecule has 0 aliphatic carbocycles. The first kappa shape index (κ1) is 17.9. The molecule has 26 heavy (non-hydrogen) atoms. The lowest BCUT2D eigenvalue weighted by Crippen LogP contribution is -2.24. The van der Waals surface area contributed by atoms with Crippen molar-refractivity contribution in [2.24, 2.45) is 0 Å². The van der Waals surface area contributed by atoms with Crippen LogP contribution in [0, 0.1) is 0 Å². The summed E-state index contributed by atoms with van der Waals surface area (Å²) >= 11 is 0.519. The summed E-state index contributed by atoms with van der Waals surface area (Å²) in [4.78, 5) is 14.8. The first-order valence-electron chi connectivity index (χ1n) is 7.60. The molecule has 2 aromatic carbocycles. The average Bonchev–Trinajstić information content (AvgIpc) is 3.03. The fourth-order valence-corrected chi connectivity index (χ4v) is 3.16. The molecule has 1 amide bonds. The third-order valence-corrected chi connectivity index (χ3v) is 4.52. The Kier molecular flexibility index (Phi) is 4.94. The molecule has 134 valence electrons. The molecule has 0 unspecified atom stereocenters. The molecule has 3 rings (SSSR count). The Labute approximate surface area is 151 Å². The van der Waals surface area contributed by atoms with Crippen LogP contribution in [0.15, 0.2) is 54.6 Å². The third kappa shape index (κ3) is 4.02. The van der Waals surface area contributed by atoms with E-state index >= 15 is 0 Å². The topological polar surface area (TPSA) is 68.0 Å². The monoisotopic (exact) mass is 377 g/mol. The van der Waals surface area contributed by atoms with Gasteiger partial charge in [0.05, 0.1) is 0 Å². The van der Waals surface area contributed by atoms with Gasteiger partial charge in [-0.15, -0.1) is 0 Å². The second-order valence-electron chi connectivity index (χ2n) is 5.47. The first-order valence-corrected chi connectivity index (χ1v) is 8.42. The van der Waals surface area contributed by atoms with E-state index in [2.05, 4.69) is 10.3 Å². The smallest absolute Gasteiger partial charge is 0.375 e. The van der Waals surface area contributed by atoms with Crippen LogP contribution in [0.2, 0.25) is 0 Å². The molecule has 1 heterocycles. The van der Waals surface area contributed by atoms with E-state index in [0.717, 1.165) is 16.7 Å². The number of hydrogen-bond acceptors (Lipinski definition) is 4. The summed E-state index contributed by atoms with van der Waals surface area (Å²) in [7, 11) is 0. The molecule has 0 aliphatic heterocycles. The Morgan fingerprint density at radius 3 is 2.27 bits per heavy atom. The number of nitrogens with two attached hydrogens (primary N) is 1. The number of aromatic nitrogens is 1. The summed E-state index contributed by atoms with van der Waals surface area (Å²) in [6.45, 7) is 0.100. The Morgan fingerprint density at radius 1 is 1.04 bits per heavy atom. The van der Waals surface area contributed by atoms with Gasteiger partial charge in [0.15, 0.2) is 10.8 Å². The van der Waals surface area contributed by atoms with Crippen LogP contribution in [0.5, 0.6) is 0 Å². The van der Waals surface area contributed by atoms with E-state index in [4.69, 9.17) is 5.73 Å². The Hall–Kier alpha value is -2.87. The zero-order valence-corrected chi connectivity index (χ0v) is 14.2. The normalized spacial score (nSPS) is 11.3. The molecule has 0 spiro atoms. The highest BCUT2D eigenvalue weighted by Crippen LogP contribution is 2.35. The second-order valence-corrected chi connectivity index (χ2v) is 6.50. The molecule has 3 N–H and O–H groups in total. The summed E-state index contributed by atoms with van der Waals surface area (Å²) < 4.78 is 38.7. The highest BCUT2D eigenvalue weighted by atomic mass is 32.1. The van der Waals surface area contributed by atoms with Gasteiger partial charge in [0.1, 0.15) is 4.88 Å². The number of rotatable bonds is 4. The van der Waals surface area contributed by atoms with Gasteiger partial charge < -0.3 is 11.1 Å². The van der Waals surface area contributed by atoms with Gasteiger partial charge in [0.2, 0.25) is 0 Å². The van der Waals surface area contributed by atoms with E-state index in [0.29, 0.717) is 11.3 Å². The lowest BCUT2D eigenvalue weighted by atomic mass is 10.0. The fraction of sp³-hybridized carbons (Fsp3) is 0.111. The third-order valence-electron chi connectivity index (χ3n) is 3.63. The minimum Gasteiger partial charge on any atom is -0.375 e. The van der Waals surface area contributed by atoms with Crippen LogP contribution >= 0.6 is 11.3 Å². The van der Waals surface area contributed by atoms with Crippen molar-refractivity contribution in [2.45, 2.75) is 12.7 Å². The predicted molar refractivity (Wildman–Crippen MR) is 94.6 cm³/mol.